The molecule has 0 radical (unpaired) electrons. The predicted octanol–water partition coefficient (Wildman–Crippen LogP) is 4.38. The van der Waals surface area contributed by atoms with E-state index in [0.29, 0.717) is 6.42 Å². The molecule has 1 amide bonds. The molecular formula is C24H23N3O. The predicted molar refractivity (Wildman–Crippen MR) is 112 cm³/mol. The summed E-state index contributed by atoms with van der Waals surface area (Å²) in [5, 5.41) is 15.0. The monoisotopic (exact) mass is 369 g/mol. The number of carbonyl (C=O) groups is 1. The molecule has 0 aromatic heterocycles. The van der Waals surface area contributed by atoms with E-state index >= 15 is 0 Å². The van der Waals surface area contributed by atoms with E-state index in [-0.39, 0.29) is 18.5 Å². The van der Waals surface area contributed by atoms with Crippen LogP contribution in [0.3, 0.4) is 0 Å². The molecule has 0 fully saturated rings. The highest BCUT2D eigenvalue weighted by molar-refractivity contribution is 5.92. The van der Waals surface area contributed by atoms with Crippen molar-refractivity contribution in [3.05, 3.63) is 101 Å². The summed E-state index contributed by atoms with van der Waals surface area (Å²) in [6.45, 7) is 2.25. The van der Waals surface area contributed by atoms with E-state index in [2.05, 4.69) is 60.0 Å². The third-order valence-electron chi connectivity index (χ3n) is 4.53. The van der Waals surface area contributed by atoms with Gasteiger partial charge in [-0.15, -0.1) is 0 Å². The van der Waals surface area contributed by atoms with Gasteiger partial charge in [0.2, 0.25) is 5.91 Å². The average molecular weight is 369 g/mol. The Balaban J connectivity index is 1.67. The molecule has 0 aliphatic carbocycles. The van der Waals surface area contributed by atoms with Crippen LogP contribution in [0.4, 0.5) is 5.69 Å². The minimum absolute atomic E-state index is 0.0643. The van der Waals surface area contributed by atoms with Gasteiger partial charge in [-0.3, -0.25) is 10.1 Å². The Bertz CT molecular complexity index is 942. The number of nitriles is 1. The first-order valence-electron chi connectivity index (χ1n) is 9.26. The Labute approximate surface area is 165 Å². The molecule has 140 valence electrons. The van der Waals surface area contributed by atoms with Crippen LogP contribution in [0.5, 0.6) is 0 Å². The van der Waals surface area contributed by atoms with Crippen LogP contribution < -0.4 is 10.6 Å². The molecule has 0 saturated carbocycles. The standard InChI is InChI=1S/C24H23N3O/c1-18-7-11-21(12-8-18)24(20-5-3-2-4-6-20)26-17-23(28)27-22-13-9-19(10-14-22)15-16-25/h2-14,24,26H,15,17H2,1H3,(H,27,28)/t24-/m0/s1. The van der Waals surface area contributed by atoms with E-state index in [1.54, 1.807) is 0 Å². The first-order chi connectivity index (χ1) is 13.7. The van der Waals surface area contributed by atoms with Crippen molar-refractivity contribution in [2.75, 3.05) is 11.9 Å². The summed E-state index contributed by atoms with van der Waals surface area (Å²) in [6, 6.07) is 27.8. The fourth-order valence-corrected chi connectivity index (χ4v) is 3.03. The van der Waals surface area contributed by atoms with Gasteiger partial charge in [-0.25, -0.2) is 0 Å². The smallest absolute Gasteiger partial charge is 0.238 e. The molecule has 4 nitrogen and oxygen atoms in total. The maximum atomic E-state index is 12.4. The van der Waals surface area contributed by atoms with E-state index in [1.807, 2.05) is 42.5 Å². The molecular weight excluding hydrogens is 346 g/mol. The Morgan fingerprint density at radius 3 is 2.21 bits per heavy atom. The molecule has 0 saturated heterocycles. The van der Waals surface area contributed by atoms with Crippen LogP contribution in [0.2, 0.25) is 0 Å². The SMILES string of the molecule is Cc1ccc([C@@H](NCC(=O)Nc2ccc(CC#N)cc2)c2ccccc2)cc1. The number of nitrogens with zero attached hydrogens (tertiary/aromatic N) is 1. The zero-order valence-electron chi connectivity index (χ0n) is 15.9. The number of aryl methyl sites for hydroxylation is 1. The highest BCUT2D eigenvalue weighted by atomic mass is 16.1. The van der Waals surface area contributed by atoms with Crippen LogP contribution in [0.15, 0.2) is 78.9 Å². The van der Waals surface area contributed by atoms with Crippen LogP contribution in [-0.4, -0.2) is 12.5 Å². The van der Waals surface area contributed by atoms with Crippen LogP contribution >= 0.6 is 0 Å². The third kappa shape index (κ3) is 5.29. The molecule has 28 heavy (non-hydrogen) atoms. The first kappa shape index (κ1) is 19.3. The molecule has 3 aromatic carbocycles. The second kappa shape index (κ2) is 9.50. The van der Waals surface area contributed by atoms with E-state index < -0.39 is 0 Å². The lowest BCUT2D eigenvalue weighted by molar-refractivity contribution is -0.115. The molecule has 0 aliphatic rings. The number of rotatable bonds is 7. The van der Waals surface area contributed by atoms with Gasteiger partial charge in [-0.1, -0.05) is 72.3 Å². The van der Waals surface area contributed by atoms with Crippen molar-refractivity contribution in [1.82, 2.24) is 5.32 Å². The maximum Gasteiger partial charge on any atom is 0.238 e. The summed E-state index contributed by atoms with van der Waals surface area (Å²) in [6.07, 6.45) is 0.366. The van der Waals surface area contributed by atoms with Gasteiger partial charge in [0, 0.05) is 5.69 Å². The summed E-state index contributed by atoms with van der Waals surface area (Å²) in [4.78, 5) is 12.4. The van der Waals surface area contributed by atoms with Gasteiger partial charge in [-0.05, 0) is 35.7 Å². The van der Waals surface area contributed by atoms with Crippen molar-refractivity contribution in [3.8, 4) is 6.07 Å². The van der Waals surface area contributed by atoms with E-state index in [9.17, 15) is 4.79 Å². The van der Waals surface area contributed by atoms with Crippen molar-refractivity contribution in [3.63, 3.8) is 0 Å². The van der Waals surface area contributed by atoms with Gasteiger partial charge in [0.05, 0.1) is 25.1 Å². The number of amides is 1. The number of anilines is 1. The van der Waals surface area contributed by atoms with E-state index in [1.165, 1.54) is 5.56 Å². The minimum Gasteiger partial charge on any atom is -0.325 e. The molecule has 0 spiro atoms. The van der Waals surface area contributed by atoms with Crippen molar-refractivity contribution in [1.29, 1.82) is 5.26 Å². The number of hydrogen-bond acceptors (Lipinski definition) is 3. The van der Waals surface area contributed by atoms with Crippen molar-refractivity contribution < 1.29 is 4.79 Å². The summed E-state index contributed by atoms with van der Waals surface area (Å²) >= 11 is 0. The fourth-order valence-electron chi connectivity index (χ4n) is 3.03. The van der Waals surface area contributed by atoms with Gasteiger partial charge in [0.1, 0.15) is 0 Å². The molecule has 0 aliphatic heterocycles. The lowest BCUT2D eigenvalue weighted by Gasteiger charge is -2.20. The molecule has 3 aromatic rings. The number of benzene rings is 3. The lowest BCUT2D eigenvalue weighted by Crippen LogP contribution is -2.31. The van der Waals surface area contributed by atoms with Crippen molar-refractivity contribution in [2.45, 2.75) is 19.4 Å². The number of nitrogens with one attached hydrogen (secondary N) is 2. The summed E-state index contributed by atoms with van der Waals surface area (Å²) in [7, 11) is 0. The third-order valence-corrected chi connectivity index (χ3v) is 4.53. The molecule has 0 unspecified atom stereocenters. The number of carbonyl (C=O) groups excluding carboxylic acids is 1. The topological polar surface area (TPSA) is 64.9 Å². The minimum atomic E-state index is -0.110. The summed E-state index contributed by atoms with van der Waals surface area (Å²) in [5.41, 5.74) is 5.08. The van der Waals surface area contributed by atoms with E-state index in [4.69, 9.17) is 5.26 Å². The van der Waals surface area contributed by atoms with Gasteiger partial charge < -0.3 is 5.32 Å². The molecule has 3 rings (SSSR count). The Morgan fingerprint density at radius 2 is 1.57 bits per heavy atom. The van der Waals surface area contributed by atoms with Crippen LogP contribution in [0.1, 0.15) is 28.3 Å². The maximum absolute atomic E-state index is 12.4. The highest BCUT2D eigenvalue weighted by Gasteiger charge is 2.15. The van der Waals surface area contributed by atoms with Gasteiger partial charge >= 0.3 is 0 Å². The molecule has 4 heteroatoms. The lowest BCUT2D eigenvalue weighted by atomic mass is 9.98. The second-order valence-electron chi connectivity index (χ2n) is 6.72. The quantitative estimate of drug-likeness (QED) is 0.650. The average Bonchev–Trinajstić information content (AvgIpc) is 2.72. The Morgan fingerprint density at radius 1 is 0.929 bits per heavy atom. The highest BCUT2D eigenvalue weighted by Crippen LogP contribution is 2.22. The largest absolute Gasteiger partial charge is 0.325 e. The van der Waals surface area contributed by atoms with Crippen LogP contribution in [-0.2, 0) is 11.2 Å². The van der Waals surface area contributed by atoms with Gasteiger partial charge in [0.25, 0.3) is 0 Å². The summed E-state index contributed by atoms with van der Waals surface area (Å²) < 4.78 is 0. The van der Waals surface area contributed by atoms with Crippen LogP contribution in [0, 0.1) is 18.3 Å². The molecule has 0 bridgehead atoms. The van der Waals surface area contributed by atoms with Gasteiger partial charge in [0.15, 0.2) is 0 Å². The normalized spacial score (nSPS) is 11.4. The zero-order valence-corrected chi connectivity index (χ0v) is 15.9. The Kier molecular flexibility index (Phi) is 6.56. The second-order valence-corrected chi connectivity index (χ2v) is 6.72. The number of hydrogen-bond donors (Lipinski definition) is 2. The van der Waals surface area contributed by atoms with Gasteiger partial charge in [-0.2, -0.15) is 5.26 Å². The molecule has 2 N–H and O–H groups in total. The van der Waals surface area contributed by atoms with Crippen molar-refractivity contribution >= 4 is 11.6 Å². The van der Waals surface area contributed by atoms with Crippen LogP contribution in [0.25, 0.3) is 0 Å². The first-order valence-corrected chi connectivity index (χ1v) is 9.26. The fraction of sp³-hybridized carbons (Fsp3) is 0.167. The molecule has 1 atom stereocenters. The van der Waals surface area contributed by atoms with E-state index in [0.717, 1.165) is 22.4 Å². The Hall–Kier alpha value is -3.42. The van der Waals surface area contributed by atoms with Crippen molar-refractivity contribution in [2.24, 2.45) is 0 Å². The summed E-state index contributed by atoms with van der Waals surface area (Å²) in [5.74, 6) is -0.110. The zero-order chi connectivity index (χ0) is 19.8. The molecule has 0 heterocycles.